The molecule has 0 spiro atoms. The van der Waals surface area contributed by atoms with Gasteiger partial charge in [-0.15, -0.1) is 0 Å². The van der Waals surface area contributed by atoms with Crippen LogP contribution in [0.25, 0.3) is 5.65 Å². The van der Waals surface area contributed by atoms with E-state index in [1.807, 2.05) is 53.4 Å². The molecular weight excluding hydrogens is 328 g/mol. The zero-order valence-electron chi connectivity index (χ0n) is 14.4. The van der Waals surface area contributed by atoms with Crippen LogP contribution in [-0.2, 0) is 6.54 Å². The van der Waals surface area contributed by atoms with Gasteiger partial charge in [-0.2, -0.15) is 0 Å². The molecule has 3 heterocycles. The largest absolute Gasteiger partial charge is 0.336 e. The number of fused-ring (bicyclic) bond motifs is 1. The van der Waals surface area contributed by atoms with Gasteiger partial charge < -0.3 is 4.90 Å². The zero-order valence-corrected chi connectivity index (χ0v) is 14.4. The molecule has 26 heavy (non-hydrogen) atoms. The lowest BCUT2D eigenvalue weighted by atomic mass is 10.2. The number of hydrogen-bond donors (Lipinski definition) is 0. The predicted octanol–water partition coefficient (Wildman–Crippen LogP) is 1.65. The molecule has 1 fully saturated rings. The maximum absolute atomic E-state index is 12.5. The molecule has 0 unspecified atom stereocenters. The first-order valence-electron chi connectivity index (χ1n) is 8.75. The normalized spacial score (nSPS) is 15.3. The Balaban J connectivity index is 1.41. The molecule has 0 aliphatic carbocycles. The van der Waals surface area contributed by atoms with Crippen LogP contribution in [0, 0.1) is 0 Å². The van der Waals surface area contributed by atoms with E-state index in [4.69, 9.17) is 0 Å². The van der Waals surface area contributed by atoms with Crippen molar-refractivity contribution >= 4 is 11.6 Å². The monoisotopic (exact) mass is 348 g/mol. The summed E-state index contributed by atoms with van der Waals surface area (Å²) < 4.78 is 1.54. The van der Waals surface area contributed by atoms with Gasteiger partial charge in [0.25, 0.3) is 11.5 Å². The van der Waals surface area contributed by atoms with Crippen LogP contribution < -0.4 is 5.56 Å². The van der Waals surface area contributed by atoms with Gasteiger partial charge in [-0.1, -0.05) is 24.3 Å². The summed E-state index contributed by atoms with van der Waals surface area (Å²) in [6.45, 7) is 3.53. The fraction of sp³-hybridized carbons (Fsp3) is 0.250. The van der Waals surface area contributed by atoms with E-state index < -0.39 is 0 Å². The average Bonchev–Trinajstić information content (AvgIpc) is 2.69. The van der Waals surface area contributed by atoms with Crippen molar-refractivity contribution in [2.45, 2.75) is 6.54 Å². The molecule has 2 aromatic heterocycles. The number of amides is 1. The summed E-state index contributed by atoms with van der Waals surface area (Å²) in [7, 11) is 0. The van der Waals surface area contributed by atoms with E-state index in [9.17, 15) is 9.59 Å². The topological polar surface area (TPSA) is 57.9 Å². The van der Waals surface area contributed by atoms with Gasteiger partial charge in [0.1, 0.15) is 5.65 Å². The minimum absolute atomic E-state index is 0.0662. The van der Waals surface area contributed by atoms with Crippen LogP contribution in [-0.4, -0.2) is 51.3 Å². The zero-order chi connectivity index (χ0) is 17.9. The van der Waals surface area contributed by atoms with Crippen LogP contribution in [0.3, 0.4) is 0 Å². The Morgan fingerprint density at radius 1 is 0.962 bits per heavy atom. The van der Waals surface area contributed by atoms with Crippen molar-refractivity contribution < 1.29 is 4.79 Å². The van der Waals surface area contributed by atoms with Crippen LogP contribution in [0.5, 0.6) is 0 Å². The smallest absolute Gasteiger partial charge is 0.258 e. The molecule has 6 heteroatoms. The third kappa shape index (κ3) is 3.36. The molecule has 0 radical (unpaired) electrons. The third-order valence-electron chi connectivity index (χ3n) is 4.69. The molecule has 132 valence electrons. The molecule has 1 aliphatic heterocycles. The highest BCUT2D eigenvalue weighted by molar-refractivity contribution is 5.94. The van der Waals surface area contributed by atoms with Gasteiger partial charge in [0, 0.05) is 50.6 Å². The minimum Gasteiger partial charge on any atom is -0.336 e. The van der Waals surface area contributed by atoms with Gasteiger partial charge in [0.15, 0.2) is 0 Å². The van der Waals surface area contributed by atoms with E-state index in [1.165, 1.54) is 0 Å². The Hall–Kier alpha value is -2.99. The minimum atomic E-state index is -0.0662. The second-order valence-electron chi connectivity index (χ2n) is 6.45. The van der Waals surface area contributed by atoms with Gasteiger partial charge in [0.05, 0.1) is 5.69 Å². The van der Waals surface area contributed by atoms with Crippen molar-refractivity contribution in [3.05, 3.63) is 82.4 Å². The summed E-state index contributed by atoms with van der Waals surface area (Å²) in [5.74, 6) is 0.0762. The van der Waals surface area contributed by atoms with Gasteiger partial charge in [-0.05, 0) is 24.3 Å². The number of carbonyl (C=O) groups excluding carboxylic acids is 1. The summed E-state index contributed by atoms with van der Waals surface area (Å²) in [6.07, 6.45) is 1.72. The molecule has 0 atom stereocenters. The Morgan fingerprint density at radius 2 is 1.69 bits per heavy atom. The van der Waals surface area contributed by atoms with Gasteiger partial charge in [-0.25, -0.2) is 4.98 Å². The summed E-state index contributed by atoms with van der Waals surface area (Å²) in [5.41, 5.74) is 2.09. The second-order valence-corrected chi connectivity index (χ2v) is 6.45. The molecule has 0 bridgehead atoms. The van der Waals surface area contributed by atoms with Crippen molar-refractivity contribution in [1.29, 1.82) is 0 Å². The summed E-state index contributed by atoms with van der Waals surface area (Å²) in [4.78, 5) is 33.4. The number of hydrogen-bond acceptors (Lipinski definition) is 4. The van der Waals surface area contributed by atoms with E-state index in [-0.39, 0.29) is 11.5 Å². The van der Waals surface area contributed by atoms with E-state index in [1.54, 1.807) is 16.7 Å². The van der Waals surface area contributed by atoms with Crippen molar-refractivity contribution in [3.8, 4) is 0 Å². The molecular formula is C20H20N4O2. The molecule has 0 saturated carbocycles. The number of aromatic nitrogens is 2. The molecule has 6 nitrogen and oxygen atoms in total. The van der Waals surface area contributed by atoms with Crippen molar-refractivity contribution in [3.63, 3.8) is 0 Å². The molecule has 1 amide bonds. The molecule has 0 N–H and O–H groups in total. The highest BCUT2D eigenvalue weighted by atomic mass is 16.2. The summed E-state index contributed by atoms with van der Waals surface area (Å²) in [6, 6.07) is 16.5. The molecule has 1 aliphatic rings. The highest BCUT2D eigenvalue weighted by Gasteiger charge is 2.22. The number of nitrogens with zero attached hydrogens (tertiary/aromatic N) is 4. The molecule has 1 aromatic carbocycles. The average molecular weight is 348 g/mol. The fourth-order valence-corrected chi connectivity index (χ4v) is 3.29. The molecule has 1 saturated heterocycles. The van der Waals surface area contributed by atoms with Crippen LogP contribution >= 0.6 is 0 Å². The van der Waals surface area contributed by atoms with Crippen LogP contribution in [0.4, 0.5) is 0 Å². The van der Waals surface area contributed by atoms with Gasteiger partial charge >= 0.3 is 0 Å². The van der Waals surface area contributed by atoms with Crippen LogP contribution in [0.2, 0.25) is 0 Å². The van der Waals surface area contributed by atoms with Crippen molar-refractivity contribution in [2.24, 2.45) is 0 Å². The number of pyridine rings is 1. The van der Waals surface area contributed by atoms with E-state index in [0.717, 1.165) is 24.3 Å². The lowest BCUT2D eigenvalue weighted by molar-refractivity contribution is 0.0627. The summed E-state index contributed by atoms with van der Waals surface area (Å²) in [5, 5.41) is 0. The number of benzene rings is 1. The first-order valence-corrected chi connectivity index (χ1v) is 8.75. The van der Waals surface area contributed by atoms with Crippen molar-refractivity contribution in [1.82, 2.24) is 19.2 Å². The van der Waals surface area contributed by atoms with E-state index in [2.05, 4.69) is 9.88 Å². The number of carbonyl (C=O) groups is 1. The number of piperazine rings is 1. The highest BCUT2D eigenvalue weighted by Crippen LogP contribution is 2.11. The van der Waals surface area contributed by atoms with Gasteiger partial charge in [-0.3, -0.25) is 18.9 Å². The van der Waals surface area contributed by atoms with E-state index in [0.29, 0.717) is 25.3 Å². The lowest BCUT2D eigenvalue weighted by Gasteiger charge is -2.34. The van der Waals surface area contributed by atoms with Gasteiger partial charge in [0.2, 0.25) is 0 Å². The Kier molecular flexibility index (Phi) is 4.50. The standard InChI is InChI=1S/C20H20N4O2/c25-19-14-17(21-18-8-4-5-9-24(18)19)15-22-10-12-23(13-11-22)20(26)16-6-2-1-3-7-16/h1-9,14H,10-13,15H2. The SMILES string of the molecule is O=C(c1ccccc1)N1CCN(Cc2cc(=O)n3ccccc3n2)CC1. The quantitative estimate of drug-likeness (QED) is 0.722. The Morgan fingerprint density at radius 3 is 2.46 bits per heavy atom. The Bertz CT molecular complexity index is 976. The second kappa shape index (κ2) is 7.09. The maximum Gasteiger partial charge on any atom is 0.258 e. The van der Waals surface area contributed by atoms with Crippen LogP contribution in [0.15, 0.2) is 65.6 Å². The summed E-state index contributed by atoms with van der Waals surface area (Å²) >= 11 is 0. The third-order valence-corrected chi connectivity index (χ3v) is 4.69. The fourth-order valence-electron chi connectivity index (χ4n) is 3.29. The first kappa shape index (κ1) is 16.5. The van der Waals surface area contributed by atoms with Crippen LogP contribution in [0.1, 0.15) is 16.1 Å². The van der Waals surface area contributed by atoms with Crippen molar-refractivity contribution in [2.75, 3.05) is 26.2 Å². The first-order chi connectivity index (χ1) is 12.7. The van der Waals surface area contributed by atoms with E-state index >= 15 is 0 Å². The molecule has 3 aromatic rings. The lowest BCUT2D eigenvalue weighted by Crippen LogP contribution is -2.48. The predicted molar refractivity (Wildman–Crippen MR) is 99.1 cm³/mol. The molecule has 4 rings (SSSR count). The maximum atomic E-state index is 12.5. The Labute approximate surface area is 151 Å². The number of rotatable bonds is 3.